The van der Waals surface area contributed by atoms with Crippen LogP contribution in [-0.4, -0.2) is 61.8 Å². The Hall–Kier alpha value is -1.24. The molecular formula is C26H41F4NaO8. The molecule has 8 nitrogen and oxygen atoms in total. The van der Waals surface area contributed by atoms with Gasteiger partial charge in [0, 0.05) is 17.8 Å². The van der Waals surface area contributed by atoms with Crippen LogP contribution in [0.15, 0.2) is 0 Å². The van der Waals surface area contributed by atoms with Crippen molar-refractivity contribution in [2.45, 2.75) is 89.9 Å². The number of rotatable bonds is 6. The van der Waals surface area contributed by atoms with E-state index in [4.69, 9.17) is 5.11 Å². The molecule has 0 saturated heterocycles. The molecule has 3 saturated carbocycles. The number of carboxylic acid groups (broad SMARTS) is 1. The zero-order chi connectivity index (χ0) is 28.0. The zero-order valence-corrected chi connectivity index (χ0v) is 25.0. The van der Waals surface area contributed by atoms with E-state index in [0.717, 1.165) is 32.0 Å². The van der Waals surface area contributed by atoms with Crippen LogP contribution in [-0.2, 0) is 28.7 Å². The Balaban J connectivity index is 0. The molecule has 13 heteroatoms. The molecule has 3 aliphatic rings. The first-order valence-corrected chi connectivity index (χ1v) is 12.9. The molecule has 3 rings (SSSR count). The summed E-state index contributed by atoms with van der Waals surface area (Å²) in [5.74, 6) is -2.65. The number of halogens is 4. The summed E-state index contributed by atoms with van der Waals surface area (Å²) in [5.41, 5.74) is 0. The second kappa shape index (κ2) is 21.5. The van der Waals surface area contributed by atoms with Crippen LogP contribution in [0.2, 0.25) is 0 Å². The van der Waals surface area contributed by atoms with Crippen molar-refractivity contribution in [3.05, 3.63) is 0 Å². The Morgan fingerprint density at radius 3 is 1.23 bits per heavy atom. The average molecular weight is 581 g/mol. The fourth-order valence-electron chi connectivity index (χ4n) is 5.05. The first-order valence-electron chi connectivity index (χ1n) is 12.9. The molecule has 0 aromatic rings. The first kappa shape index (κ1) is 39.9. The van der Waals surface area contributed by atoms with E-state index in [1.807, 2.05) is 0 Å². The second-order valence-electron chi connectivity index (χ2n) is 10.0. The number of ether oxygens (including phenoxy) is 2. The summed E-state index contributed by atoms with van der Waals surface area (Å²) in [6, 6.07) is 0. The van der Waals surface area contributed by atoms with Crippen LogP contribution in [0.25, 0.3) is 0 Å². The molecule has 2 N–H and O–H groups in total. The molecule has 0 spiro atoms. The number of hydrogen-bond acceptors (Lipinski definition) is 7. The molecule has 3 aliphatic carbocycles. The van der Waals surface area contributed by atoms with Gasteiger partial charge in [0.05, 0.1) is 32.0 Å². The van der Waals surface area contributed by atoms with E-state index in [0.29, 0.717) is 51.4 Å². The number of aliphatic carboxylic acids is 1. The summed E-state index contributed by atoms with van der Waals surface area (Å²) < 4.78 is 57.8. The topological polar surface area (TPSA) is 137 Å². The maximum atomic E-state index is 12.2. The van der Waals surface area contributed by atoms with Crippen LogP contribution in [0.5, 0.6) is 0 Å². The third kappa shape index (κ3) is 14.8. The van der Waals surface area contributed by atoms with Crippen LogP contribution >= 0.6 is 0 Å². The molecule has 3 fully saturated rings. The Bertz CT molecular complexity index is 704. The molecule has 0 bridgehead atoms. The number of esters is 2. The van der Waals surface area contributed by atoms with E-state index >= 15 is 0 Å². The number of aldehydes is 1. The van der Waals surface area contributed by atoms with Crippen LogP contribution in [0.1, 0.15) is 77.0 Å². The van der Waals surface area contributed by atoms with Crippen molar-refractivity contribution in [1.29, 1.82) is 0 Å². The Kier molecular flexibility index (Phi) is 22.0. The number of hydrogen-bond donors (Lipinski definition) is 1. The molecule has 0 unspecified atom stereocenters. The van der Waals surface area contributed by atoms with Crippen LogP contribution < -0.4 is 29.6 Å². The quantitative estimate of drug-likeness (QED) is 0.219. The van der Waals surface area contributed by atoms with E-state index in [-0.39, 0.29) is 70.6 Å². The summed E-state index contributed by atoms with van der Waals surface area (Å²) >= 11 is 0. The maximum Gasteiger partial charge on any atom is 1.00 e. The van der Waals surface area contributed by atoms with Gasteiger partial charge in [-0.1, -0.05) is 0 Å². The van der Waals surface area contributed by atoms with Crippen molar-refractivity contribution in [3.8, 4) is 0 Å². The maximum absolute atomic E-state index is 12.2. The fraction of sp³-hybridized carbons (Fsp3) is 0.846. The monoisotopic (exact) mass is 580 g/mol. The van der Waals surface area contributed by atoms with Crippen molar-refractivity contribution in [1.82, 2.24) is 0 Å². The van der Waals surface area contributed by atoms with Gasteiger partial charge >= 0.3 is 47.5 Å². The van der Waals surface area contributed by atoms with Gasteiger partial charge < -0.3 is 24.9 Å². The molecule has 222 valence electrons. The number of alkyl halides is 4. The second-order valence-corrected chi connectivity index (χ2v) is 10.0. The van der Waals surface area contributed by atoms with Crippen molar-refractivity contribution in [2.75, 3.05) is 14.2 Å². The van der Waals surface area contributed by atoms with Gasteiger partial charge in [-0.3, -0.25) is 14.4 Å². The first-order chi connectivity index (χ1) is 17.5. The van der Waals surface area contributed by atoms with Gasteiger partial charge in [0.15, 0.2) is 0 Å². The SMILES string of the molecule is COC(=O)C1CCC(C(F)F)CC1.COC(=O)C1CCC(C=O)CC1.O=C(O)C1CCC(C(F)F)CC1.[Na+].[OH-]. The van der Waals surface area contributed by atoms with Gasteiger partial charge in [-0.15, -0.1) is 0 Å². The van der Waals surface area contributed by atoms with E-state index in [1.54, 1.807) is 0 Å². The molecule has 0 atom stereocenters. The predicted molar refractivity (Wildman–Crippen MR) is 128 cm³/mol. The number of carbonyl (C=O) groups excluding carboxylic acids is 3. The van der Waals surface area contributed by atoms with Crippen molar-refractivity contribution in [2.24, 2.45) is 35.5 Å². The van der Waals surface area contributed by atoms with Crippen LogP contribution in [0.4, 0.5) is 17.6 Å². The van der Waals surface area contributed by atoms with Crippen molar-refractivity contribution >= 4 is 24.2 Å². The third-order valence-electron chi connectivity index (χ3n) is 7.64. The Morgan fingerprint density at radius 2 is 0.974 bits per heavy atom. The van der Waals surface area contributed by atoms with E-state index in [2.05, 4.69) is 9.47 Å². The normalized spacial score (nSPS) is 28.1. The van der Waals surface area contributed by atoms with Crippen molar-refractivity contribution < 1.29 is 86.4 Å². The number of carboxylic acids is 1. The summed E-state index contributed by atoms with van der Waals surface area (Å²) in [7, 11) is 2.75. The average Bonchev–Trinajstić information content (AvgIpc) is 2.93. The van der Waals surface area contributed by atoms with Gasteiger partial charge in [-0.2, -0.15) is 0 Å². The molecule has 39 heavy (non-hydrogen) atoms. The van der Waals surface area contributed by atoms with E-state index in [1.165, 1.54) is 14.2 Å². The molecule has 0 radical (unpaired) electrons. The van der Waals surface area contributed by atoms with E-state index < -0.39 is 30.7 Å². The summed E-state index contributed by atoms with van der Waals surface area (Å²) in [4.78, 5) is 42.9. The Morgan fingerprint density at radius 1 is 0.667 bits per heavy atom. The fourth-order valence-corrected chi connectivity index (χ4v) is 5.05. The molecule has 0 amide bonds. The minimum absolute atomic E-state index is 0. The van der Waals surface area contributed by atoms with E-state index in [9.17, 15) is 36.7 Å². The molecule has 0 aromatic heterocycles. The van der Waals surface area contributed by atoms with Gasteiger partial charge in [0.2, 0.25) is 12.9 Å². The van der Waals surface area contributed by atoms with Gasteiger partial charge in [-0.25, -0.2) is 17.6 Å². The molecule has 0 aliphatic heterocycles. The van der Waals surface area contributed by atoms with Gasteiger partial charge in [0.1, 0.15) is 6.29 Å². The molecule has 0 heterocycles. The standard InChI is InChI=1S/C9H14F2O2.C9H14O3.C8H12F2O2.Na.H2O/c1-13-9(12)7-4-2-6(3-5-7)8(10)11;1-12-9(11)8-4-2-7(6-10)3-5-8;9-7(10)5-1-3-6(4-2-5)8(11)12;;/h6-8H,2-5H2,1H3;6-8H,2-5H2,1H3;5-7H,1-4H2,(H,11,12);;1H2/q;;;+1;/p-1. The minimum Gasteiger partial charge on any atom is -0.870 e. The number of carbonyl (C=O) groups is 4. The zero-order valence-electron chi connectivity index (χ0n) is 23.0. The van der Waals surface area contributed by atoms with Gasteiger partial charge in [-0.05, 0) is 77.0 Å². The van der Waals surface area contributed by atoms with Gasteiger partial charge in [0.25, 0.3) is 0 Å². The minimum atomic E-state index is -2.28. The number of methoxy groups -OCH3 is 2. The van der Waals surface area contributed by atoms with Crippen molar-refractivity contribution in [3.63, 3.8) is 0 Å². The van der Waals surface area contributed by atoms with Crippen LogP contribution in [0, 0.1) is 35.5 Å². The largest absolute Gasteiger partial charge is 1.00 e. The Labute approximate surface area is 249 Å². The third-order valence-corrected chi connectivity index (χ3v) is 7.64. The molecule has 0 aromatic carbocycles. The summed E-state index contributed by atoms with van der Waals surface area (Å²) in [6.07, 6.45) is 3.25. The van der Waals surface area contributed by atoms with Crippen LogP contribution in [0.3, 0.4) is 0 Å². The molecular weight excluding hydrogens is 539 g/mol. The smallest absolute Gasteiger partial charge is 0.870 e. The summed E-state index contributed by atoms with van der Waals surface area (Å²) in [6.45, 7) is 0. The predicted octanol–water partition coefficient (Wildman–Crippen LogP) is 2.37. The summed E-state index contributed by atoms with van der Waals surface area (Å²) in [5, 5.41) is 8.58.